The number of hydrogen-bond donors (Lipinski definition) is 2. The van der Waals surface area contributed by atoms with Gasteiger partial charge >= 0.3 is 0 Å². The first-order valence-electron chi connectivity index (χ1n) is 8.43. The first-order valence-corrected chi connectivity index (χ1v) is 10.6. The van der Waals surface area contributed by atoms with Crippen molar-refractivity contribution in [3.05, 3.63) is 34.9 Å². The molecule has 1 aromatic rings. The van der Waals surface area contributed by atoms with Gasteiger partial charge in [-0.25, -0.2) is 8.42 Å². The monoisotopic (exact) mass is 401 g/mol. The van der Waals surface area contributed by atoms with Crippen LogP contribution in [-0.2, 0) is 25.8 Å². The highest BCUT2D eigenvalue weighted by Crippen LogP contribution is 2.11. The average molecular weight is 402 g/mol. The van der Waals surface area contributed by atoms with Gasteiger partial charge in [-0.3, -0.25) is 14.5 Å². The minimum atomic E-state index is -3.02. The Labute approximate surface area is 159 Å². The van der Waals surface area contributed by atoms with Crippen molar-refractivity contribution in [2.45, 2.75) is 18.9 Å². The molecule has 1 aromatic carbocycles. The molecule has 1 atom stereocenters. The van der Waals surface area contributed by atoms with Gasteiger partial charge in [0.2, 0.25) is 11.8 Å². The molecule has 144 valence electrons. The summed E-state index contributed by atoms with van der Waals surface area (Å²) in [5.41, 5.74) is 1.08. The van der Waals surface area contributed by atoms with Crippen LogP contribution in [0.1, 0.15) is 12.0 Å². The van der Waals surface area contributed by atoms with Crippen molar-refractivity contribution in [1.29, 1.82) is 0 Å². The second-order valence-electron chi connectivity index (χ2n) is 6.57. The molecule has 1 aliphatic rings. The number of sulfone groups is 1. The van der Waals surface area contributed by atoms with E-state index in [1.165, 1.54) is 0 Å². The number of rotatable bonds is 8. The topological polar surface area (TPSA) is 95.6 Å². The van der Waals surface area contributed by atoms with Crippen molar-refractivity contribution in [1.82, 2.24) is 15.5 Å². The lowest BCUT2D eigenvalue weighted by atomic mass is 10.1. The molecular formula is C17H24ClN3O4S. The highest BCUT2D eigenvalue weighted by molar-refractivity contribution is 7.91. The van der Waals surface area contributed by atoms with Gasteiger partial charge in [-0.05, 0) is 37.6 Å². The molecule has 0 radical (unpaired) electrons. The van der Waals surface area contributed by atoms with Crippen LogP contribution in [0.25, 0.3) is 0 Å². The van der Waals surface area contributed by atoms with Crippen LogP contribution in [0.15, 0.2) is 24.3 Å². The van der Waals surface area contributed by atoms with E-state index in [-0.39, 0.29) is 42.5 Å². The third-order valence-electron chi connectivity index (χ3n) is 4.07. The fourth-order valence-electron chi connectivity index (χ4n) is 2.78. The molecule has 1 aliphatic heterocycles. The van der Waals surface area contributed by atoms with Crippen molar-refractivity contribution in [2.75, 3.05) is 38.2 Å². The van der Waals surface area contributed by atoms with Crippen molar-refractivity contribution in [3.63, 3.8) is 0 Å². The molecule has 2 amide bonds. The maximum Gasteiger partial charge on any atom is 0.234 e. The lowest BCUT2D eigenvalue weighted by Crippen LogP contribution is -2.44. The Morgan fingerprint density at radius 1 is 1.19 bits per heavy atom. The quantitative estimate of drug-likeness (QED) is 0.650. The molecule has 2 rings (SSSR count). The van der Waals surface area contributed by atoms with E-state index < -0.39 is 9.84 Å². The fourth-order valence-corrected chi connectivity index (χ4v) is 4.58. The average Bonchev–Trinajstić information content (AvgIpc) is 2.87. The number of likely N-dealkylation sites (N-methyl/N-ethyl adjacent to an activating group) is 1. The van der Waals surface area contributed by atoms with Crippen molar-refractivity contribution < 1.29 is 18.0 Å². The second-order valence-corrected chi connectivity index (χ2v) is 9.23. The van der Waals surface area contributed by atoms with Crippen molar-refractivity contribution in [2.24, 2.45) is 0 Å². The Bertz CT molecular complexity index is 737. The molecule has 26 heavy (non-hydrogen) atoms. The number of benzene rings is 1. The van der Waals surface area contributed by atoms with E-state index in [0.717, 1.165) is 5.56 Å². The Kier molecular flexibility index (Phi) is 7.43. The van der Waals surface area contributed by atoms with Crippen LogP contribution in [0.2, 0.25) is 5.02 Å². The summed E-state index contributed by atoms with van der Waals surface area (Å²) in [6, 6.07) is 7.11. The molecule has 1 fully saturated rings. The van der Waals surface area contributed by atoms with E-state index in [9.17, 15) is 18.0 Å². The zero-order valence-corrected chi connectivity index (χ0v) is 16.3. The van der Waals surface area contributed by atoms with Gasteiger partial charge in [-0.2, -0.15) is 0 Å². The lowest BCUT2D eigenvalue weighted by molar-refractivity contribution is -0.124. The predicted molar refractivity (Wildman–Crippen MR) is 101 cm³/mol. The lowest BCUT2D eigenvalue weighted by Gasteiger charge is -2.17. The predicted octanol–water partition coefficient (Wildman–Crippen LogP) is 0.234. The third-order valence-corrected chi connectivity index (χ3v) is 6.09. The maximum absolute atomic E-state index is 11.9. The maximum atomic E-state index is 11.9. The standard InChI is InChI=1S/C17H24ClN3O4S/c1-21(11-17(23)20-15-7-9-26(24,25)12-15)10-16(22)19-8-6-13-2-4-14(18)5-3-13/h2-5,15H,6-12H2,1H3,(H,19,22)(H,20,23). The van der Waals surface area contributed by atoms with Crippen LogP contribution in [0.4, 0.5) is 0 Å². The summed E-state index contributed by atoms with van der Waals surface area (Å²) in [5.74, 6) is -0.335. The molecule has 1 heterocycles. The number of carbonyl (C=O) groups is 2. The van der Waals surface area contributed by atoms with E-state index in [4.69, 9.17) is 11.6 Å². The molecule has 1 unspecified atom stereocenters. The van der Waals surface area contributed by atoms with Crippen LogP contribution in [0, 0.1) is 0 Å². The second kappa shape index (κ2) is 9.34. The highest BCUT2D eigenvalue weighted by Gasteiger charge is 2.29. The largest absolute Gasteiger partial charge is 0.355 e. The SMILES string of the molecule is CN(CC(=O)NCCc1ccc(Cl)cc1)CC(=O)NC1CCS(=O)(=O)C1. The number of carbonyl (C=O) groups excluding carboxylic acids is 2. The van der Waals surface area contributed by atoms with Crippen molar-refractivity contribution >= 4 is 33.3 Å². The molecule has 0 spiro atoms. The summed E-state index contributed by atoms with van der Waals surface area (Å²) in [6.07, 6.45) is 1.15. The van der Waals surface area contributed by atoms with E-state index >= 15 is 0 Å². The normalized spacial score (nSPS) is 18.7. The van der Waals surface area contributed by atoms with Gasteiger partial charge in [0.05, 0.1) is 24.6 Å². The van der Waals surface area contributed by atoms with Crippen LogP contribution in [-0.4, -0.2) is 69.4 Å². The molecule has 9 heteroatoms. The molecule has 0 bridgehead atoms. The van der Waals surface area contributed by atoms with Gasteiger partial charge in [-0.1, -0.05) is 23.7 Å². The summed E-state index contributed by atoms with van der Waals surface area (Å²) in [6.45, 7) is 0.637. The first kappa shape index (κ1) is 20.7. The van der Waals surface area contributed by atoms with E-state index in [1.54, 1.807) is 24.1 Å². The number of nitrogens with zero attached hydrogens (tertiary/aromatic N) is 1. The number of nitrogens with one attached hydrogen (secondary N) is 2. The summed E-state index contributed by atoms with van der Waals surface area (Å²) < 4.78 is 22.8. The summed E-state index contributed by atoms with van der Waals surface area (Å²) >= 11 is 5.82. The minimum Gasteiger partial charge on any atom is -0.355 e. The third kappa shape index (κ3) is 7.31. The Morgan fingerprint density at radius 2 is 1.85 bits per heavy atom. The summed E-state index contributed by atoms with van der Waals surface area (Å²) in [4.78, 5) is 25.5. The van der Waals surface area contributed by atoms with Crippen LogP contribution < -0.4 is 10.6 Å². The van der Waals surface area contributed by atoms with E-state index in [0.29, 0.717) is 24.4 Å². The van der Waals surface area contributed by atoms with Gasteiger partial charge in [0, 0.05) is 17.6 Å². The fraction of sp³-hybridized carbons (Fsp3) is 0.529. The van der Waals surface area contributed by atoms with E-state index in [2.05, 4.69) is 10.6 Å². The Balaban J connectivity index is 1.63. The number of amides is 2. The molecule has 0 aromatic heterocycles. The van der Waals surface area contributed by atoms with Gasteiger partial charge < -0.3 is 10.6 Å². The Morgan fingerprint density at radius 3 is 2.46 bits per heavy atom. The van der Waals surface area contributed by atoms with Crippen LogP contribution >= 0.6 is 11.6 Å². The molecular weight excluding hydrogens is 378 g/mol. The van der Waals surface area contributed by atoms with Gasteiger partial charge in [0.1, 0.15) is 0 Å². The van der Waals surface area contributed by atoms with Crippen LogP contribution in [0.3, 0.4) is 0 Å². The van der Waals surface area contributed by atoms with Gasteiger partial charge in [-0.15, -0.1) is 0 Å². The van der Waals surface area contributed by atoms with Gasteiger partial charge in [0.15, 0.2) is 9.84 Å². The smallest absolute Gasteiger partial charge is 0.234 e. The van der Waals surface area contributed by atoms with Gasteiger partial charge in [0.25, 0.3) is 0 Å². The Hall–Kier alpha value is -1.64. The first-order chi connectivity index (χ1) is 12.2. The zero-order valence-electron chi connectivity index (χ0n) is 14.7. The molecule has 7 nitrogen and oxygen atoms in total. The number of halogens is 1. The molecule has 1 saturated heterocycles. The highest BCUT2D eigenvalue weighted by atomic mass is 35.5. The minimum absolute atomic E-state index is 0.00631. The molecule has 0 saturated carbocycles. The van der Waals surface area contributed by atoms with Crippen molar-refractivity contribution in [3.8, 4) is 0 Å². The summed E-state index contributed by atoms with van der Waals surface area (Å²) in [7, 11) is -1.35. The number of hydrogen-bond acceptors (Lipinski definition) is 5. The van der Waals surface area contributed by atoms with Crippen LogP contribution in [0.5, 0.6) is 0 Å². The summed E-state index contributed by atoms with van der Waals surface area (Å²) in [5, 5.41) is 6.19. The molecule has 2 N–H and O–H groups in total. The molecule has 0 aliphatic carbocycles. The van der Waals surface area contributed by atoms with E-state index in [1.807, 2.05) is 12.1 Å². The zero-order chi connectivity index (χ0) is 19.2.